The summed E-state index contributed by atoms with van der Waals surface area (Å²) in [7, 11) is 0. The van der Waals surface area contributed by atoms with Gasteiger partial charge in [-0.2, -0.15) is 0 Å². The number of hydrogen-bond acceptors (Lipinski definition) is 6. The van der Waals surface area contributed by atoms with Crippen molar-refractivity contribution in [3.63, 3.8) is 0 Å². The van der Waals surface area contributed by atoms with Crippen LogP contribution in [-0.2, 0) is 28.6 Å². The molecule has 6 heteroatoms. The molecule has 0 rings (SSSR count). The van der Waals surface area contributed by atoms with Crippen molar-refractivity contribution in [2.24, 2.45) is 0 Å². The molecule has 0 aliphatic carbocycles. The fourth-order valence-electron chi connectivity index (χ4n) is 8.02. The molecule has 0 heterocycles. The van der Waals surface area contributed by atoms with Crippen LogP contribution < -0.4 is 0 Å². The molecule has 0 saturated heterocycles. The lowest BCUT2D eigenvalue weighted by molar-refractivity contribution is -0.167. The first-order chi connectivity index (χ1) is 32.5. The van der Waals surface area contributed by atoms with Crippen LogP contribution in [0.1, 0.15) is 284 Å². The maximum Gasteiger partial charge on any atom is 0.306 e. The van der Waals surface area contributed by atoms with Gasteiger partial charge in [-0.15, -0.1) is 0 Å². The third-order valence-electron chi connectivity index (χ3n) is 12.3. The van der Waals surface area contributed by atoms with Crippen LogP contribution in [0, 0.1) is 0 Å². The van der Waals surface area contributed by atoms with Crippen molar-refractivity contribution in [3.8, 4) is 0 Å². The Morgan fingerprint density at radius 1 is 0.303 bits per heavy atom. The SMILES string of the molecule is CCCCC/C=C\C=C/CCCCCCCCCCCCC(=O)OCC(COC(=O)CCCCCCCCCCCCC)OC(=O)CCCCCCC\C=C/C=C\C=C/CCCCCCC. The van der Waals surface area contributed by atoms with Crippen LogP contribution in [-0.4, -0.2) is 37.2 Å². The molecule has 66 heavy (non-hydrogen) atoms. The molecular formula is C60H106O6. The van der Waals surface area contributed by atoms with Gasteiger partial charge < -0.3 is 14.2 Å². The summed E-state index contributed by atoms with van der Waals surface area (Å²) in [4.78, 5) is 38.1. The predicted molar refractivity (Wildman–Crippen MR) is 284 cm³/mol. The molecule has 0 amide bonds. The lowest BCUT2D eigenvalue weighted by atomic mass is 10.1. The van der Waals surface area contributed by atoms with Crippen LogP contribution in [0.3, 0.4) is 0 Å². The van der Waals surface area contributed by atoms with Crippen molar-refractivity contribution < 1.29 is 28.6 Å². The highest BCUT2D eigenvalue weighted by Crippen LogP contribution is 2.15. The largest absolute Gasteiger partial charge is 0.462 e. The number of ether oxygens (including phenoxy) is 3. The summed E-state index contributed by atoms with van der Waals surface area (Å²) in [5, 5.41) is 0. The predicted octanol–water partition coefficient (Wildman–Crippen LogP) is 18.8. The Labute approximate surface area is 409 Å². The number of rotatable bonds is 51. The van der Waals surface area contributed by atoms with Crippen molar-refractivity contribution in [1.29, 1.82) is 0 Å². The van der Waals surface area contributed by atoms with Crippen molar-refractivity contribution >= 4 is 17.9 Å². The molecule has 0 saturated carbocycles. The molecule has 0 radical (unpaired) electrons. The molecule has 0 fully saturated rings. The van der Waals surface area contributed by atoms with Crippen LogP contribution in [0.4, 0.5) is 0 Å². The second-order valence-electron chi connectivity index (χ2n) is 18.9. The van der Waals surface area contributed by atoms with Gasteiger partial charge in [0.1, 0.15) is 13.2 Å². The first kappa shape index (κ1) is 63.1. The van der Waals surface area contributed by atoms with Gasteiger partial charge in [-0.1, -0.05) is 255 Å². The van der Waals surface area contributed by atoms with Gasteiger partial charge in [0.2, 0.25) is 0 Å². The minimum absolute atomic E-state index is 0.0814. The summed E-state index contributed by atoms with van der Waals surface area (Å²) in [6, 6.07) is 0. The molecule has 382 valence electrons. The Bertz CT molecular complexity index is 1200. The second kappa shape index (κ2) is 54.7. The molecule has 0 spiro atoms. The first-order valence-corrected chi connectivity index (χ1v) is 28.3. The zero-order valence-corrected chi connectivity index (χ0v) is 43.7. The van der Waals surface area contributed by atoms with E-state index in [1.165, 1.54) is 167 Å². The highest BCUT2D eigenvalue weighted by atomic mass is 16.6. The van der Waals surface area contributed by atoms with Crippen LogP contribution in [0.2, 0.25) is 0 Å². The van der Waals surface area contributed by atoms with E-state index in [9.17, 15) is 14.4 Å². The van der Waals surface area contributed by atoms with E-state index < -0.39 is 6.10 Å². The monoisotopic (exact) mass is 923 g/mol. The standard InChI is InChI=1S/C60H106O6/c1-4-7-10-13-16-19-22-24-26-28-30-32-33-35-38-41-44-47-50-53-59(62)65-56-57(55-64-58(61)52-49-46-43-40-37-21-18-15-12-9-6-3)66-60(63)54-51-48-45-42-39-36-34-31-29-27-25-23-20-17-14-11-8-5-2/h16,19,22-25,27,29,31,34,57H,4-15,17-18,20-21,26,28,30,32-33,35-56H2,1-3H3/b19-16-,24-22-,25-23-,29-27-,34-31-. The number of hydrogen-bond donors (Lipinski definition) is 0. The second-order valence-corrected chi connectivity index (χ2v) is 18.9. The molecule has 6 nitrogen and oxygen atoms in total. The number of allylic oxidation sites excluding steroid dienone is 10. The van der Waals surface area contributed by atoms with Crippen molar-refractivity contribution in [2.75, 3.05) is 13.2 Å². The van der Waals surface area contributed by atoms with E-state index >= 15 is 0 Å². The van der Waals surface area contributed by atoms with Gasteiger partial charge in [0.05, 0.1) is 0 Å². The molecular weight excluding hydrogens is 817 g/mol. The van der Waals surface area contributed by atoms with Gasteiger partial charge in [-0.3, -0.25) is 14.4 Å². The Morgan fingerprint density at radius 3 is 0.879 bits per heavy atom. The molecule has 0 aliphatic heterocycles. The minimum atomic E-state index is -0.784. The number of carbonyl (C=O) groups is 3. The van der Waals surface area contributed by atoms with Crippen molar-refractivity contribution in [1.82, 2.24) is 0 Å². The average molecular weight is 924 g/mol. The minimum Gasteiger partial charge on any atom is -0.462 e. The molecule has 1 atom stereocenters. The average Bonchev–Trinajstić information content (AvgIpc) is 3.31. The zero-order chi connectivity index (χ0) is 47.9. The van der Waals surface area contributed by atoms with Crippen LogP contribution in [0.15, 0.2) is 60.8 Å². The molecule has 0 aromatic carbocycles. The van der Waals surface area contributed by atoms with Gasteiger partial charge in [-0.05, 0) is 70.6 Å². The number of carbonyl (C=O) groups excluding carboxylic acids is 3. The lowest BCUT2D eigenvalue weighted by Gasteiger charge is -2.18. The smallest absolute Gasteiger partial charge is 0.306 e. The Balaban J connectivity index is 4.37. The fourth-order valence-corrected chi connectivity index (χ4v) is 8.02. The van der Waals surface area contributed by atoms with E-state index in [-0.39, 0.29) is 31.1 Å². The normalized spacial score (nSPS) is 12.5. The Hall–Kier alpha value is -2.89. The van der Waals surface area contributed by atoms with Gasteiger partial charge >= 0.3 is 17.9 Å². The molecule has 0 aromatic rings. The molecule has 0 aromatic heterocycles. The van der Waals surface area contributed by atoms with Crippen molar-refractivity contribution in [3.05, 3.63) is 60.8 Å². The Morgan fingerprint density at radius 2 is 0.545 bits per heavy atom. The summed E-state index contributed by atoms with van der Waals surface area (Å²) >= 11 is 0. The number of esters is 3. The quantitative estimate of drug-likeness (QED) is 0.0262. The zero-order valence-electron chi connectivity index (χ0n) is 43.7. The highest BCUT2D eigenvalue weighted by molar-refractivity contribution is 5.71. The summed E-state index contributed by atoms with van der Waals surface area (Å²) < 4.78 is 16.8. The summed E-state index contributed by atoms with van der Waals surface area (Å²) in [5.74, 6) is -0.896. The van der Waals surface area contributed by atoms with E-state index in [4.69, 9.17) is 14.2 Å². The first-order valence-electron chi connectivity index (χ1n) is 28.3. The highest BCUT2D eigenvalue weighted by Gasteiger charge is 2.19. The third-order valence-corrected chi connectivity index (χ3v) is 12.3. The van der Waals surface area contributed by atoms with E-state index in [1.54, 1.807) is 0 Å². The van der Waals surface area contributed by atoms with Gasteiger partial charge in [0, 0.05) is 19.3 Å². The summed E-state index contributed by atoms with van der Waals surface area (Å²) in [6.07, 6.45) is 67.7. The van der Waals surface area contributed by atoms with E-state index in [0.717, 1.165) is 77.0 Å². The van der Waals surface area contributed by atoms with E-state index in [0.29, 0.717) is 19.3 Å². The topological polar surface area (TPSA) is 78.9 Å². The molecule has 0 aliphatic rings. The van der Waals surface area contributed by atoms with Crippen LogP contribution in [0.25, 0.3) is 0 Å². The molecule has 1 unspecified atom stereocenters. The lowest BCUT2D eigenvalue weighted by Crippen LogP contribution is -2.30. The maximum atomic E-state index is 12.8. The van der Waals surface area contributed by atoms with Gasteiger partial charge in [0.25, 0.3) is 0 Å². The third kappa shape index (κ3) is 52.1. The van der Waals surface area contributed by atoms with Crippen LogP contribution >= 0.6 is 0 Å². The van der Waals surface area contributed by atoms with E-state index in [2.05, 4.69) is 81.5 Å². The summed E-state index contributed by atoms with van der Waals surface area (Å²) in [6.45, 7) is 6.59. The van der Waals surface area contributed by atoms with Crippen LogP contribution in [0.5, 0.6) is 0 Å². The molecule has 0 N–H and O–H groups in total. The fraction of sp³-hybridized carbons (Fsp3) is 0.783. The Kier molecular flexibility index (Phi) is 52.3. The van der Waals surface area contributed by atoms with Gasteiger partial charge in [0.15, 0.2) is 6.10 Å². The van der Waals surface area contributed by atoms with Gasteiger partial charge in [-0.25, -0.2) is 0 Å². The van der Waals surface area contributed by atoms with Crippen molar-refractivity contribution in [2.45, 2.75) is 290 Å². The maximum absolute atomic E-state index is 12.8. The van der Waals surface area contributed by atoms with E-state index in [1.807, 2.05) is 0 Å². The summed E-state index contributed by atoms with van der Waals surface area (Å²) in [5.41, 5.74) is 0. The molecule has 0 bridgehead atoms. The number of unbranched alkanes of at least 4 members (excludes halogenated alkanes) is 33.